The van der Waals surface area contributed by atoms with Crippen LogP contribution in [-0.2, 0) is 5.41 Å². The van der Waals surface area contributed by atoms with Crippen LogP contribution in [0.3, 0.4) is 0 Å². The van der Waals surface area contributed by atoms with Gasteiger partial charge in [0.05, 0.1) is 11.1 Å². The normalized spacial score (nSPS) is 13.0. The second-order valence-corrected chi connectivity index (χ2v) is 19.7. The number of anilines is 3. The van der Waals surface area contributed by atoms with E-state index in [-0.39, 0.29) is 0 Å². The van der Waals surface area contributed by atoms with Crippen molar-refractivity contribution in [3.63, 3.8) is 0 Å². The molecular weight excluding hydrogens is 851 g/mol. The summed E-state index contributed by atoms with van der Waals surface area (Å²) >= 11 is 1.87. The first-order valence-corrected chi connectivity index (χ1v) is 24.7. The van der Waals surface area contributed by atoms with E-state index in [1.807, 2.05) is 11.3 Å². The van der Waals surface area contributed by atoms with Crippen molar-refractivity contribution < 1.29 is 0 Å². The van der Waals surface area contributed by atoms with Crippen molar-refractivity contribution in [2.75, 3.05) is 4.90 Å². The van der Waals surface area contributed by atoms with Gasteiger partial charge in [-0.3, -0.25) is 0 Å². The Morgan fingerprint density at radius 1 is 0.275 bits per heavy atom. The van der Waals surface area contributed by atoms with Crippen LogP contribution in [0.5, 0.6) is 0 Å². The van der Waals surface area contributed by atoms with E-state index < -0.39 is 5.41 Å². The second kappa shape index (κ2) is 14.7. The predicted molar refractivity (Wildman–Crippen MR) is 294 cm³/mol. The molecule has 0 radical (unpaired) electrons. The Balaban J connectivity index is 0.953. The van der Waals surface area contributed by atoms with Crippen molar-refractivity contribution in [3.05, 3.63) is 271 Å². The van der Waals surface area contributed by atoms with Gasteiger partial charge >= 0.3 is 0 Å². The molecule has 0 atom stereocenters. The molecule has 0 saturated heterocycles. The Labute approximate surface area is 404 Å². The highest BCUT2D eigenvalue weighted by atomic mass is 32.1. The van der Waals surface area contributed by atoms with Crippen molar-refractivity contribution in [1.82, 2.24) is 0 Å². The summed E-state index contributed by atoms with van der Waals surface area (Å²) in [7, 11) is 0. The highest BCUT2D eigenvalue weighted by molar-refractivity contribution is 7.25. The van der Waals surface area contributed by atoms with E-state index in [1.54, 1.807) is 0 Å². The Morgan fingerprint density at radius 3 is 1.43 bits per heavy atom. The molecule has 1 nitrogen and oxygen atoms in total. The molecule has 0 aliphatic heterocycles. The zero-order valence-electron chi connectivity index (χ0n) is 37.5. The fourth-order valence-corrected chi connectivity index (χ4v) is 13.6. The number of hydrogen-bond donors (Lipinski definition) is 0. The summed E-state index contributed by atoms with van der Waals surface area (Å²) in [5.41, 5.74) is 18.4. The monoisotopic (exact) mass is 891 g/mol. The van der Waals surface area contributed by atoms with E-state index in [9.17, 15) is 0 Å². The fraction of sp³-hybridized carbons (Fsp3) is 0.0149. The molecule has 12 aromatic carbocycles. The molecule has 0 amide bonds. The molecule has 1 heterocycles. The van der Waals surface area contributed by atoms with Gasteiger partial charge in [0, 0.05) is 36.9 Å². The Hall–Kier alpha value is -8.56. The van der Waals surface area contributed by atoms with Gasteiger partial charge in [0.15, 0.2) is 0 Å². The Kier molecular flexibility index (Phi) is 8.22. The topological polar surface area (TPSA) is 3.24 Å². The lowest BCUT2D eigenvalue weighted by Crippen LogP contribution is -2.26. The van der Waals surface area contributed by atoms with Gasteiger partial charge in [-0.25, -0.2) is 0 Å². The largest absolute Gasteiger partial charge is 0.310 e. The summed E-state index contributed by atoms with van der Waals surface area (Å²) < 4.78 is 2.64. The summed E-state index contributed by atoms with van der Waals surface area (Å²) in [6.45, 7) is 0. The molecule has 2 aliphatic rings. The highest BCUT2D eigenvalue weighted by Crippen LogP contribution is 2.63. The van der Waals surface area contributed by atoms with E-state index >= 15 is 0 Å². The van der Waals surface area contributed by atoms with Crippen molar-refractivity contribution in [1.29, 1.82) is 0 Å². The maximum Gasteiger partial charge on any atom is 0.0726 e. The average Bonchev–Trinajstić information content (AvgIpc) is 4.06. The summed E-state index contributed by atoms with van der Waals surface area (Å²) in [6.07, 6.45) is 0. The first-order chi connectivity index (χ1) is 34.2. The van der Waals surface area contributed by atoms with Crippen molar-refractivity contribution in [2.45, 2.75) is 5.41 Å². The van der Waals surface area contributed by atoms with E-state index in [4.69, 9.17) is 0 Å². The van der Waals surface area contributed by atoms with Crippen molar-refractivity contribution >= 4 is 80.9 Å². The molecule has 0 bridgehead atoms. The van der Waals surface area contributed by atoms with Crippen LogP contribution in [0.15, 0.2) is 249 Å². The lowest BCUT2D eigenvalue weighted by atomic mass is 9.70. The van der Waals surface area contributed by atoms with Crippen molar-refractivity contribution in [3.8, 4) is 44.5 Å². The molecule has 13 aromatic rings. The Morgan fingerprint density at radius 2 is 0.754 bits per heavy atom. The zero-order valence-corrected chi connectivity index (χ0v) is 38.3. The fourth-order valence-electron chi connectivity index (χ4n) is 12.5. The smallest absolute Gasteiger partial charge is 0.0726 e. The number of benzene rings is 12. The average molecular weight is 892 g/mol. The molecule has 2 aliphatic carbocycles. The van der Waals surface area contributed by atoms with Crippen LogP contribution in [0.4, 0.5) is 17.1 Å². The molecule has 0 unspecified atom stereocenters. The standard InChI is InChI=1S/C67H41NS/c1-2-19-50-48(18-1)49-20-3-4-24-55(49)65-56(50)27-14-31-62(65)68(45-36-34-42(35-37-45)43-16-13-17-44(40-43)47-26-15-33-64-66(47)57-25-8-12-32-63(57)69-64)46-38-39-54-53-23-7-11-30-60(53)67(61(54)41-46)58-28-9-5-21-51(58)52-22-6-10-29-59(52)67/h1-41H. The molecule has 0 saturated carbocycles. The van der Waals surface area contributed by atoms with Gasteiger partial charge in [0.2, 0.25) is 0 Å². The van der Waals surface area contributed by atoms with E-state index in [0.29, 0.717) is 0 Å². The van der Waals surface area contributed by atoms with Crippen LogP contribution >= 0.6 is 11.3 Å². The van der Waals surface area contributed by atoms with Crippen LogP contribution in [-0.4, -0.2) is 0 Å². The van der Waals surface area contributed by atoms with Gasteiger partial charge in [-0.1, -0.05) is 200 Å². The van der Waals surface area contributed by atoms with Gasteiger partial charge in [0.25, 0.3) is 0 Å². The highest BCUT2D eigenvalue weighted by Gasteiger charge is 2.51. The second-order valence-electron chi connectivity index (χ2n) is 18.6. The van der Waals surface area contributed by atoms with Crippen LogP contribution in [0.1, 0.15) is 22.3 Å². The van der Waals surface area contributed by atoms with Crippen LogP contribution in [0, 0.1) is 0 Å². The summed E-state index contributed by atoms with van der Waals surface area (Å²) in [6, 6.07) is 93.2. The van der Waals surface area contributed by atoms with Crippen LogP contribution in [0.2, 0.25) is 0 Å². The number of thiophene rings is 1. The zero-order chi connectivity index (χ0) is 45.2. The van der Waals surface area contributed by atoms with Crippen LogP contribution < -0.4 is 4.90 Å². The minimum absolute atomic E-state index is 0.461. The van der Waals surface area contributed by atoms with Gasteiger partial charge in [0.1, 0.15) is 0 Å². The minimum Gasteiger partial charge on any atom is -0.310 e. The molecule has 69 heavy (non-hydrogen) atoms. The Bertz CT molecular complexity index is 4160. The summed E-state index contributed by atoms with van der Waals surface area (Å²) in [5, 5.41) is 10.2. The molecular formula is C67H41NS. The third kappa shape index (κ3) is 5.41. The van der Waals surface area contributed by atoms with Gasteiger partial charge in [-0.05, 0) is 142 Å². The predicted octanol–water partition coefficient (Wildman–Crippen LogP) is 18.7. The van der Waals surface area contributed by atoms with Crippen LogP contribution in [0.25, 0.3) is 97.0 Å². The molecule has 0 N–H and O–H groups in total. The SMILES string of the molecule is c1cc(-c2ccc(N(c3ccc4c(c3)C3(c5ccccc5-c5ccccc53)c3ccccc3-4)c3cccc4c5ccccc5c5ccccc5c34)cc2)cc(-c2cccc3sc4ccccc4c23)c1. The number of hydrogen-bond acceptors (Lipinski definition) is 2. The molecule has 15 rings (SSSR count). The first-order valence-electron chi connectivity index (χ1n) is 23.9. The minimum atomic E-state index is -0.461. The quantitative estimate of drug-likeness (QED) is 0.156. The van der Waals surface area contributed by atoms with E-state index in [0.717, 1.165) is 17.1 Å². The third-order valence-electron chi connectivity index (χ3n) is 15.3. The lowest BCUT2D eigenvalue weighted by Gasteiger charge is -2.32. The van der Waals surface area contributed by atoms with Crippen molar-refractivity contribution in [2.24, 2.45) is 0 Å². The van der Waals surface area contributed by atoms with Gasteiger partial charge in [-0.2, -0.15) is 0 Å². The first kappa shape index (κ1) is 38.5. The maximum absolute atomic E-state index is 2.52. The molecule has 320 valence electrons. The molecule has 1 aromatic heterocycles. The number of rotatable bonds is 5. The number of fused-ring (bicyclic) bond motifs is 19. The molecule has 1 spiro atoms. The van der Waals surface area contributed by atoms with E-state index in [2.05, 4.69) is 254 Å². The summed E-state index contributed by atoms with van der Waals surface area (Å²) in [5.74, 6) is 0. The third-order valence-corrected chi connectivity index (χ3v) is 16.4. The van der Waals surface area contributed by atoms with Gasteiger partial charge < -0.3 is 4.90 Å². The molecule has 2 heteroatoms. The molecule has 0 fully saturated rings. The van der Waals surface area contributed by atoms with Gasteiger partial charge in [-0.15, -0.1) is 11.3 Å². The number of nitrogens with zero attached hydrogens (tertiary/aromatic N) is 1. The van der Waals surface area contributed by atoms with E-state index in [1.165, 1.54) is 119 Å². The lowest BCUT2D eigenvalue weighted by molar-refractivity contribution is 0.793. The summed E-state index contributed by atoms with van der Waals surface area (Å²) in [4.78, 5) is 2.52. The maximum atomic E-state index is 2.52.